The highest BCUT2D eigenvalue weighted by Gasteiger charge is 2.28. The first kappa shape index (κ1) is 55.0. The summed E-state index contributed by atoms with van der Waals surface area (Å²) >= 11 is 0. The summed E-state index contributed by atoms with van der Waals surface area (Å²) in [5.74, 6) is -2.38. The van der Waals surface area contributed by atoms with E-state index >= 15 is 0 Å². The van der Waals surface area contributed by atoms with E-state index in [2.05, 4.69) is 42.7 Å². The number of phosphoric ester groups is 1. The number of hydrogen-bond acceptors (Lipinski definition) is 9. The van der Waals surface area contributed by atoms with Gasteiger partial charge in [0.2, 0.25) is 0 Å². The number of allylic oxidation sites excluding steroid dienone is 4. The Bertz CT molecular complexity index is 1070. The number of aliphatic carboxylic acids is 1. The predicted octanol–water partition coefficient (Wildman–Crippen LogP) is 12.2. The second kappa shape index (κ2) is 40.7. The van der Waals surface area contributed by atoms with E-state index in [-0.39, 0.29) is 19.4 Å². The Balaban J connectivity index is 4.33. The van der Waals surface area contributed by atoms with E-state index in [9.17, 15) is 23.8 Å². The van der Waals surface area contributed by atoms with E-state index in [1.54, 1.807) is 0 Å². The molecule has 0 radical (unpaired) electrons. The van der Waals surface area contributed by atoms with Crippen molar-refractivity contribution >= 4 is 25.7 Å². The third-order valence-electron chi connectivity index (χ3n) is 9.95. The van der Waals surface area contributed by atoms with Crippen molar-refractivity contribution in [2.75, 3.05) is 19.8 Å². The lowest BCUT2D eigenvalue weighted by Gasteiger charge is -2.20. The lowest BCUT2D eigenvalue weighted by molar-refractivity contribution is -0.161. The molecule has 0 aliphatic heterocycles. The van der Waals surface area contributed by atoms with Gasteiger partial charge in [-0.05, 0) is 44.9 Å². The van der Waals surface area contributed by atoms with Crippen LogP contribution in [0.1, 0.15) is 213 Å². The molecule has 0 bridgehead atoms. The average Bonchev–Trinajstić information content (AvgIpc) is 3.19. The van der Waals surface area contributed by atoms with Crippen LogP contribution in [0.4, 0.5) is 0 Å². The molecule has 0 aromatic heterocycles. The first-order valence-electron chi connectivity index (χ1n) is 22.9. The summed E-state index contributed by atoms with van der Waals surface area (Å²) in [7, 11) is -4.72. The maximum atomic E-state index is 12.6. The van der Waals surface area contributed by atoms with Crippen LogP contribution in [0.25, 0.3) is 0 Å². The third-order valence-corrected chi connectivity index (χ3v) is 10.9. The number of carbonyl (C=O) groups is 3. The standard InChI is InChI=1S/C45H84NO10P/c1-3-5-7-9-11-13-15-17-19-20-21-23-25-27-29-31-33-35-37-44(48)56-41(39-54-57(51,52)55-40-42(46)45(49)50)38-53-43(47)36-34-32-30-28-26-24-22-18-16-14-12-10-8-6-4-2/h13,15,19-20,41-42H,3-12,14,16-18,21-40,46H2,1-2H3,(H,49,50)(H,51,52)/b15-13-,20-19-. The van der Waals surface area contributed by atoms with E-state index in [1.165, 1.54) is 116 Å². The Labute approximate surface area is 347 Å². The van der Waals surface area contributed by atoms with Crippen molar-refractivity contribution in [3.05, 3.63) is 24.3 Å². The fraction of sp³-hybridized carbons (Fsp3) is 0.844. The minimum Gasteiger partial charge on any atom is -0.480 e. The van der Waals surface area contributed by atoms with Crippen LogP contribution in [0, 0.1) is 0 Å². The van der Waals surface area contributed by atoms with Crippen LogP contribution in [0.3, 0.4) is 0 Å². The van der Waals surface area contributed by atoms with Gasteiger partial charge in [0.15, 0.2) is 6.10 Å². The molecule has 0 amide bonds. The summed E-state index contributed by atoms with van der Waals surface area (Å²) < 4.78 is 32.7. The minimum absolute atomic E-state index is 0.155. The Morgan fingerprint density at radius 2 is 0.930 bits per heavy atom. The molecule has 0 spiro atoms. The molecule has 12 heteroatoms. The number of phosphoric acid groups is 1. The molecular formula is C45H84NO10P. The molecule has 11 nitrogen and oxygen atoms in total. The van der Waals surface area contributed by atoms with Gasteiger partial charge in [0.1, 0.15) is 12.6 Å². The van der Waals surface area contributed by atoms with Gasteiger partial charge < -0.3 is 25.2 Å². The molecule has 3 unspecified atom stereocenters. The van der Waals surface area contributed by atoms with Gasteiger partial charge in [-0.25, -0.2) is 4.57 Å². The third kappa shape index (κ3) is 40.5. The molecule has 3 atom stereocenters. The van der Waals surface area contributed by atoms with Gasteiger partial charge in [-0.2, -0.15) is 0 Å². The molecule has 0 rings (SSSR count). The number of unbranched alkanes of at least 4 members (excludes halogenated alkanes) is 25. The SMILES string of the molecule is CCCCCC/C=C\C/C=C\CCCCCCCCCC(=O)OC(COC(=O)CCCCCCCCCCCCCCCCC)COP(=O)(O)OCC(N)C(=O)O. The smallest absolute Gasteiger partial charge is 0.472 e. The van der Waals surface area contributed by atoms with Gasteiger partial charge in [-0.15, -0.1) is 0 Å². The van der Waals surface area contributed by atoms with Gasteiger partial charge >= 0.3 is 25.7 Å². The number of esters is 2. The van der Waals surface area contributed by atoms with Gasteiger partial charge in [0.25, 0.3) is 0 Å². The van der Waals surface area contributed by atoms with Crippen LogP contribution in [-0.4, -0.2) is 59.9 Å². The molecule has 57 heavy (non-hydrogen) atoms. The zero-order valence-electron chi connectivity index (χ0n) is 36.2. The van der Waals surface area contributed by atoms with Crippen LogP contribution >= 0.6 is 7.82 Å². The number of rotatable bonds is 43. The minimum atomic E-state index is -4.72. The molecule has 4 N–H and O–H groups in total. The number of hydrogen-bond donors (Lipinski definition) is 3. The van der Waals surface area contributed by atoms with Gasteiger partial charge in [-0.3, -0.25) is 23.4 Å². The first-order valence-corrected chi connectivity index (χ1v) is 24.4. The molecule has 0 heterocycles. The second-order valence-corrected chi connectivity index (χ2v) is 17.0. The Morgan fingerprint density at radius 3 is 1.39 bits per heavy atom. The van der Waals surface area contributed by atoms with Crippen molar-refractivity contribution in [1.29, 1.82) is 0 Å². The fourth-order valence-electron chi connectivity index (χ4n) is 6.33. The van der Waals surface area contributed by atoms with Crippen molar-refractivity contribution in [1.82, 2.24) is 0 Å². The summed E-state index contributed by atoms with van der Waals surface area (Å²) in [6.07, 6.45) is 42.3. The topological polar surface area (TPSA) is 172 Å². The van der Waals surface area contributed by atoms with Crippen LogP contribution in [0.5, 0.6) is 0 Å². The molecule has 0 saturated carbocycles. The molecule has 0 aromatic carbocycles. The number of carboxylic acid groups (broad SMARTS) is 1. The van der Waals surface area contributed by atoms with Crippen molar-refractivity contribution < 1.29 is 47.5 Å². The van der Waals surface area contributed by atoms with Crippen LogP contribution in [0.15, 0.2) is 24.3 Å². The largest absolute Gasteiger partial charge is 0.480 e. The molecule has 0 aromatic rings. The molecule has 0 aliphatic carbocycles. The Morgan fingerprint density at radius 1 is 0.544 bits per heavy atom. The fourth-order valence-corrected chi connectivity index (χ4v) is 7.11. The van der Waals surface area contributed by atoms with Gasteiger partial charge in [-0.1, -0.05) is 179 Å². The van der Waals surface area contributed by atoms with E-state index in [0.29, 0.717) is 12.8 Å². The number of carbonyl (C=O) groups excluding carboxylic acids is 2. The quantitative estimate of drug-likeness (QED) is 0.0231. The number of nitrogens with two attached hydrogens (primary N) is 1. The molecule has 334 valence electrons. The summed E-state index contributed by atoms with van der Waals surface area (Å²) in [5.41, 5.74) is 5.34. The van der Waals surface area contributed by atoms with Crippen molar-refractivity contribution in [3.63, 3.8) is 0 Å². The summed E-state index contributed by atoms with van der Waals surface area (Å²) in [5, 5.41) is 8.89. The van der Waals surface area contributed by atoms with Crippen molar-refractivity contribution in [3.8, 4) is 0 Å². The van der Waals surface area contributed by atoms with Gasteiger partial charge in [0, 0.05) is 12.8 Å². The second-order valence-electron chi connectivity index (χ2n) is 15.5. The highest BCUT2D eigenvalue weighted by Crippen LogP contribution is 2.43. The van der Waals surface area contributed by atoms with Crippen LogP contribution in [0.2, 0.25) is 0 Å². The van der Waals surface area contributed by atoms with E-state index in [4.69, 9.17) is 24.8 Å². The average molecular weight is 830 g/mol. The zero-order chi connectivity index (χ0) is 42.1. The van der Waals surface area contributed by atoms with E-state index < -0.39 is 51.1 Å². The maximum Gasteiger partial charge on any atom is 0.472 e. The molecule has 0 aliphatic rings. The maximum absolute atomic E-state index is 12.6. The number of carboxylic acids is 1. The van der Waals surface area contributed by atoms with Crippen molar-refractivity contribution in [2.45, 2.75) is 225 Å². The highest BCUT2D eigenvalue weighted by atomic mass is 31.2. The highest BCUT2D eigenvalue weighted by molar-refractivity contribution is 7.47. The zero-order valence-corrected chi connectivity index (χ0v) is 37.1. The Kier molecular flexibility index (Phi) is 39.3. The molecule has 0 saturated heterocycles. The summed E-state index contributed by atoms with van der Waals surface area (Å²) in [6, 6.07) is -1.52. The van der Waals surface area contributed by atoms with E-state index in [0.717, 1.165) is 57.8 Å². The normalized spacial score (nSPS) is 13.9. The summed E-state index contributed by atoms with van der Waals surface area (Å²) in [4.78, 5) is 46.0. The van der Waals surface area contributed by atoms with Crippen molar-refractivity contribution in [2.24, 2.45) is 5.73 Å². The molecule has 0 fully saturated rings. The van der Waals surface area contributed by atoms with Gasteiger partial charge in [0.05, 0.1) is 13.2 Å². The number of ether oxygens (including phenoxy) is 2. The predicted molar refractivity (Wildman–Crippen MR) is 231 cm³/mol. The van der Waals surface area contributed by atoms with E-state index in [1.807, 2.05) is 0 Å². The first-order chi connectivity index (χ1) is 27.6. The Hall–Kier alpha value is -2.04. The summed E-state index contributed by atoms with van der Waals surface area (Å²) in [6.45, 7) is 2.80. The lowest BCUT2D eigenvalue weighted by Crippen LogP contribution is -2.34. The van der Waals surface area contributed by atoms with Crippen LogP contribution in [-0.2, 0) is 37.5 Å². The monoisotopic (exact) mass is 830 g/mol. The van der Waals surface area contributed by atoms with Crippen LogP contribution < -0.4 is 5.73 Å². The molecular weight excluding hydrogens is 745 g/mol. The lowest BCUT2D eigenvalue weighted by atomic mass is 10.0.